The zero-order valence-corrected chi connectivity index (χ0v) is 29.8. The van der Waals surface area contributed by atoms with Gasteiger partial charge >= 0.3 is 13.8 Å². The van der Waals surface area contributed by atoms with Gasteiger partial charge in [0.05, 0.1) is 13.2 Å². The number of hydrogen-bond donors (Lipinski definition) is 2. The fraction of sp³-hybridized carbons (Fsp3) is 0.941. The topological polar surface area (TPSA) is 119 Å². The number of thioether (sulfide) groups is 1. The van der Waals surface area contributed by atoms with Crippen LogP contribution in [0.15, 0.2) is 0 Å². The molecule has 2 N–H and O–H groups in total. The highest BCUT2D eigenvalue weighted by Crippen LogP contribution is 2.36. The van der Waals surface area contributed by atoms with Gasteiger partial charge in [-0.05, 0) is 25.0 Å². The Morgan fingerprint density at radius 2 is 1.11 bits per heavy atom. The van der Waals surface area contributed by atoms with Crippen LogP contribution in [0.5, 0.6) is 0 Å². The molecule has 0 aromatic carbocycles. The molecule has 44 heavy (non-hydrogen) atoms. The van der Waals surface area contributed by atoms with Gasteiger partial charge in [0.25, 0.3) is 6.47 Å². The van der Waals surface area contributed by atoms with E-state index in [2.05, 4.69) is 11.4 Å². The van der Waals surface area contributed by atoms with Crippen molar-refractivity contribution in [2.75, 3.05) is 24.7 Å². The van der Waals surface area contributed by atoms with E-state index in [1.54, 1.807) is 11.8 Å². The van der Waals surface area contributed by atoms with Gasteiger partial charge < -0.3 is 19.3 Å². The van der Waals surface area contributed by atoms with Gasteiger partial charge in [-0.3, -0.25) is 14.1 Å². The molecular weight excluding hydrogens is 599 g/mol. The predicted octanol–water partition coefficient (Wildman–Crippen LogP) is 10.1. The first kappa shape index (κ1) is 43.4. The molecule has 1 atom stereocenters. The lowest BCUT2D eigenvalue weighted by atomic mass is 10.0. The standard InChI is InChI=1S/C34H67O8PS/c1-2-3-4-5-6-7-8-9-12-15-18-21-24-27-34(36)42-33(30-41-43(37,38)39)31-44-29-26-23-20-17-14-11-10-13-16-19-22-25-28-40-32-35/h32-33H,2-31H2,1H3,(H2,37,38,39)/t33-/m1/s1. The smallest absolute Gasteiger partial charge is 0.468 e. The number of carbonyl (C=O) groups is 2. The molecule has 0 heterocycles. The molecule has 0 saturated heterocycles. The van der Waals surface area contributed by atoms with E-state index in [-0.39, 0.29) is 12.6 Å². The third kappa shape index (κ3) is 35.9. The first-order valence-corrected chi connectivity index (χ1v) is 20.6. The number of esters is 1. The summed E-state index contributed by atoms with van der Waals surface area (Å²) < 4.78 is 26.1. The van der Waals surface area contributed by atoms with Crippen LogP contribution in [-0.2, 0) is 28.2 Å². The largest absolute Gasteiger partial charge is 0.469 e. The van der Waals surface area contributed by atoms with E-state index in [1.165, 1.54) is 122 Å². The Balaban J connectivity index is 3.79. The van der Waals surface area contributed by atoms with Crippen LogP contribution >= 0.6 is 19.6 Å². The van der Waals surface area contributed by atoms with Crippen LogP contribution < -0.4 is 0 Å². The minimum Gasteiger partial charge on any atom is -0.468 e. The van der Waals surface area contributed by atoms with Crippen molar-refractivity contribution in [2.45, 2.75) is 180 Å². The molecule has 0 amide bonds. The van der Waals surface area contributed by atoms with Crippen LogP contribution in [-0.4, -0.2) is 53.1 Å². The molecule has 0 saturated carbocycles. The monoisotopic (exact) mass is 666 g/mol. The van der Waals surface area contributed by atoms with Crippen molar-refractivity contribution in [3.05, 3.63) is 0 Å². The second-order valence-corrected chi connectivity index (χ2v) is 14.6. The zero-order valence-electron chi connectivity index (χ0n) is 28.1. The molecule has 0 aliphatic carbocycles. The predicted molar refractivity (Wildman–Crippen MR) is 183 cm³/mol. The molecule has 0 aromatic rings. The van der Waals surface area contributed by atoms with Gasteiger partial charge in [-0.15, -0.1) is 0 Å². The molecule has 0 radical (unpaired) electrons. The number of hydrogen-bond acceptors (Lipinski definition) is 7. The van der Waals surface area contributed by atoms with E-state index in [4.69, 9.17) is 19.3 Å². The molecule has 0 unspecified atom stereocenters. The lowest BCUT2D eigenvalue weighted by Crippen LogP contribution is -2.25. The number of carbonyl (C=O) groups excluding carboxylic acids is 2. The van der Waals surface area contributed by atoms with Crippen LogP contribution in [0.25, 0.3) is 0 Å². The molecule has 0 aliphatic heterocycles. The van der Waals surface area contributed by atoms with Gasteiger partial charge in [0.2, 0.25) is 0 Å². The number of unbranched alkanes of at least 4 members (excludes halogenated alkanes) is 23. The number of phosphoric ester groups is 1. The highest BCUT2D eigenvalue weighted by molar-refractivity contribution is 7.99. The van der Waals surface area contributed by atoms with E-state index in [0.717, 1.165) is 44.3 Å². The van der Waals surface area contributed by atoms with Crippen LogP contribution in [0, 0.1) is 0 Å². The minimum absolute atomic E-state index is 0.282. The molecule has 0 spiro atoms. The molecule has 0 rings (SSSR count). The van der Waals surface area contributed by atoms with Gasteiger partial charge in [-0.2, -0.15) is 11.8 Å². The van der Waals surface area contributed by atoms with E-state index >= 15 is 0 Å². The summed E-state index contributed by atoms with van der Waals surface area (Å²) in [7, 11) is -4.61. The maximum atomic E-state index is 12.4. The van der Waals surface area contributed by atoms with Gasteiger partial charge in [-0.1, -0.05) is 148 Å². The molecule has 0 bridgehead atoms. The molecule has 0 aromatic heterocycles. The maximum Gasteiger partial charge on any atom is 0.469 e. The zero-order chi connectivity index (χ0) is 32.4. The maximum absolute atomic E-state index is 12.4. The minimum atomic E-state index is -4.61. The fourth-order valence-corrected chi connectivity index (χ4v) is 6.61. The first-order chi connectivity index (χ1) is 21.4. The molecule has 262 valence electrons. The molecular formula is C34H67O8PS. The Labute approximate surface area is 274 Å². The van der Waals surface area contributed by atoms with Crippen molar-refractivity contribution in [1.29, 1.82) is 0 Å². The third-order valence-electron chi connectivity index (χ3n) is 7.88. The van der Waals surface area contributed by atoms with E-state index in [1.807, 2.05) is 0 Å². The number of phosphoric acid groups is 1. The summed E-state index contributed by atoms with van der Waals surface area (Å²) in [5, 5.41) is 0. The summed E-state index contributed by atoms with van der Waals surface area (Å²) in [6, 6.07) is 0. The van der Waals surface area contributed by atoms with Crippen molar-refractivity contribution in [3.8, 4) is 0 Å². The Morgan fingerprint density at radius 3 is 1.57 bits per heavy atom. The number of rotatable bonds is 36. The van der Waals surface area contributed by atoms with Crippen molar-refractivity contribution >= 4 is 32.0 Å². The molecule has 10 heteroatoms. The van der Waals surface area contributed by atoms with Gasteiger partial charge in [0, 0.05) is 12.2 Å². The summed E-state index contributed by atoms with van der Waals surface area (Å²) >= 11 is 1.65. The Kier molecular flexibility index (Phi) is 33.3. The highest BCUT2D eigenvalue weighted by Gasteiger charge is 2.21. The Bertz CT molecular complexity index is 676. The van der Waals surface area contributed by atoms with Crippen molar-refractivity contribution in [2.24, 2.45) is 0 Å². The normalized spacial score (nSPS) is 12.3. The van der Waals surface area contributed by atoms with Crippen LogP contribution in [0.3, 0.4) is 0 Å². The van der Waals surface area contributed by atoms with E-state index in [0.29, 0.717) is 25.3 Å². The van der Waals surface area contributed by atoms with E-state index < -0.39 is 13.9 Å². The Morgan fingerprint density at radius 1 is 0.682 bits per heavy atom. The first-order valence-electron chi connectivity index (χ1n) is 17.9. The quantitative estimate of drug-likeness (QED) is 0.0291. The van der Waals surface area contributed by atoms with Crippen LogP contribution in [0.4, 0.5) is 0 Å². The summed E-state index contributed by atoms with van der Waals surface area (Å²) in [6.07, 6.45) is 30.3. The average Bonchev–Trinajstić information content (AvgIpc) is 2.99. The summed E-state index contributed by atoms with van der Waals surface area (Å²) in [5.74, 6) is 1.10. The highest BCUT2D eigenvalue weighted by atomic mass is 32.2. The van der Waals surface area contributed by atoms with Gasteiger partial charge in [0.1, 0.15) is 6.10 Å². The van der Waals surface area contributed by atoms with Crippen molar-refractivity contribution in [3.63, 3.8) is 0 Å². The van der Waals surface area contributed by atoms with Gasteiger partial charge in [0.15, 0.2) is 0 Å². The Hall–Kier alpha value is -0.600. The fourth-order valence-electron chi connectivity index (χ4n) is 5.25. The average molecular weight is 667 g/mol. The van der Waals surface area contributed by atoms with Crippen LogP contribution in [0.1, 0.15) is 174 Å². The van der Waals surface area contributed by atoms with Crippen LogP contribution in [0.2, 0.25) is 0 Å². The summed E-state index contributed by atoms with van der Waals surface area (Å²) in [6.45, 7) is 3.03. The number of ether oxygens (including phenoxy) is 2. The van der Waals surface area contributed by atoms with Crippen molar-refractivity contribution in [1.82, 2.24) is 0 Å². The molecule has 0 aliphatic rings. The second-order valence-electron chi connectivity index (χ2n) is 12.2. The second kappa shape index (κ2) is 33.8. The third-order valence-corrected chi connectivity index (χ3v) is 9.55. The van der Waals surface area contributed by atoms with Crippen molar-refractivity contribution < 1.29 is 37.9 Å². The van der Waals surface area contributed by atoms with E-state index in [9.17, 15) is 14.2 Å². The lowest BCUT2D eigenvalue weighted by molar-refractivity contribution is -0.149. The summed E-state index contributed by atoms with van der Waals surface area (Å²) in [4.78, 5) is 40.6. The molecule has 0 fully saturated rings. The summed E-state index contributed by atoms with van der Waals surface area (Å²) in [5.41, 5.74) is 0. The SMILES string of the molecule is CCCCCCCCCCCCCCCC(=O)O[C@H](COP(=O)(O)O)CSCCCCCCCCCCCCCCOC=O. The van der Waals surface area contributed by atoms with Gasteiger partial charge in [-0.25, -0.2) is 4.57 Å². The molecule has 8 nitrogen and oxygen atoms in total. The lowest BCUT2D eigenvalue weighted by Gasteiger charge is -2.18.